The molecule has 0 radical (unpaired) electrons. The number of aryl methyl sites for hydroxylation is 1. The zero-order valence-electron chi connectivity index (χ0n) is 12.3. The fourth-order valence-corrected chi connectivity index (χ4v) is 2.35. The number of aromatic nitrogens is 1. The summed E-state index contributed by atoms with van der Waals surface area (Å²) in [7, 11) is 0. The number of imide groups is 1. The highest BCUT2D eigenvalue weighted by Crippen LogP contribution is 2.18. The molecule has 2 heterocycles. The maximum Gasteiger partial charge on any atom is 0.250 e. The van der Waals surface area contributed by atoms with Crippen LogP contribution in [0.4, 0.5) is 5.69 Å². The number of rotatable bonds is 4. The molecule has 7 nitrogen and oxygen atoms in total. The van der Waals surface area contributed by atoms with Gasteiger partial charge in [0, 0.05) is 31.0 Å². The molecule has 2 rings (SSSR count). The van der Waals surface area contributed by atoms with E-state index in [1.54, 1.807) is 26.1 Å². The van der Waals surface area contributed by atoms with E-state index in [9.17, 15) is 14.4 Å². The van der Waals surface area contributed by atoms with Crippen molar-refractivity contribution in [1.29, 1.82) is 0 Å². The highest BCUT2D eigenvalue weighted by molar-refractivity contribution is 6.02. The lowest BCUT2D eigenvalue weighted by Gasteiger charge is -2.40. The van der Waals surface area contributed by atoms with E-state index in [0.29, 0.717) is 25.2 Å². The number of pyridine rings is 1. The first-order valence-corrected chi connectivity index (χ1v) is 6.86. The van der Waals surface area contributed by atoms with E-state index in [0.717, 1.165) is 0 Å². The summed E-state index contributed by atoms with van der Waals surface area (Å²) in [6, 6.07) is 2.99. The lowest BCUT2D eigenvalue weighted by atomic mass is 9.98. The van der Waals surface area contributed by atoms with E-state index in [-0.39, 0.29) is 23.9 Å². The molecule has 1 aromatic rings. The lowest BCUT2D eigenvalue weighted by Crippen LogP contribution is -2.64. The molecule has 0 saturated carbocycles. The number of nitrogen functional groups attached to an aromatic ring is 1. The molecule has 1 fully saturated rings. The van der Waals surface area contributed by atoms with Gasteiger partial charge in [0.1, 0.15) is 0 Å². The van der Waals surface area contributed by atoms with E-state index in [4.69, 9.17) is 5.73 Å². The van der Waals surface area contributed by atoms with Crippen molar-refractivity contribution in [1.82, 2.24) is 14.8 Å². The maximum atomic E-state index is 11.8. The van der Waals surface area contributed by atoms with Gasteiger partial charge in [-0.1, -0.05) is 0 Å². The Hall–Kier alpha value is -2.15. The van der Waals surface area contributed by atoms with Crippen LogP contribution in [0.1, 0.15) is 20.3 Å². The molecule has 7 heteroatoms. The summed E-state index contributed by atoms with van der Waals surface area (Å²) in [6.07, 6.45) is 2.24. The largest absolute Gasteiger partial charge is 0.398 e. The Morgan fingerprint density at radius 1 is 1.24 bits per heavy atom. The summed E-state index contributed by atoms with van der Waals surface area (Å²) in [5.41, 5.74) is 5.34. The summed E-state index contributed by atoms with van der Waals surface area (Å²) in [5, 5.41) is 2.33. The molecule has 0 aliphatic carbocycles. The maximum absolute atomic E-state index is 11.8. The molecule has 1 aliphatic heterocycles. The number of nitrogens with one attached hydrogen (secondary N) is 1. The zero-order chi connectivity index (χ0) is 15.6. The van der Waals surface area contributed by atoms with Crippen LogP contribution in [0.2, 0.25) is 0 Å². The second kappa shape index (κ2) is 5.69. The summed E-state index contributed by atoms with van der Waals surface area (Å²) >= 11 is 0. The van der Waals surface area contributed by atoms with Crippen molar-refractivity contribution in [2.45, 2.75) is 32.4 Å². The summed E-state index contributed by atoms with van der Waals surface area (Å²) in [6.45, 7) is 4.78. The number of hydrogen-bond acceptors (Lipinski definition) is 5. The number of carbonyl (C=O) groups excluding carboxylic acids is 2. The Labute approximate surface area is 122 Å². The highest BCUT2D eigenvalue weighted by Gasteiger charge is 2.40. The van der Waals surface area contributed by atoms with Crippen LogP contribution in [0, 0.1) is 0 Å². The third-order valence-electron chi connectivity index (χ3n) is 3.77. The predicted molar refractivity (Wildman–Crippen MR) is 78.5 cm³/mol. The van der Waals surface area contributed by atoms with Crippen molar-refractivity contribution in [2.24, 2.45) is 0 Å². The summed E-state index contributed by atoms with van der Waals surface area (Å²) in [4.78, 5) is 36.8. The van der Waals surface area contributed by atoms with Crippen LogP contribution in [-0.2, 0) is 16.1 Å². The molecule has 0 atom stereocenters. The molecule has 21 heavy (non-hydrogen) atoms. The second-order valence-corrected chi connectivity index (χ2v) is 5.71. The van der Waals surface area contributed by atoms with Gasteiger partial charge in [0.05, 0.1) is 12.1 Å². The molecule has 0 bridgehead atoms. The molecule has 0 spiro atoms. The Morgan fingerprint density at radius 2 is 1.95 bits per heavy atom. The van der Waals surface area contributed by atoms with E-state index >= 15 is 0 Å². The van der Waals surface area contributed by atoms with E-state index in [1.807, 2.05) is 4.90 Å². The molecule has 114 valence electrons. The smallest absolute Gasteiger partial charge is 0.250 e. The third-order valence-corrected chi connectivity index (χ3v) is 3.77. The summed E-state index contributed by atoms with van der Waals surface area (Å²) in [5.74, 6) is -0.583. The van der Waals surface area contributed by atoms with Crippen molar-refractivity contribution >= 4 is 17.5 Å². The Bertz CT molecular complexity index is 621. The van der Waals surface area contributed by atoms with E-state index < -0.39 is 5.54 Å². The highest BCUT2D eigenvalue weighted by atomic mass is 16.2. The molecule has 1 aromatic heterocycles. The van der Waals surface area contributed by atoms with Gasteiger partial charge >= 0.3 is 0 Å². The van der Waals surface area contributed by atoms with Gasteiger partial charge in [-0.15, -0.1) is 0 Å². The minimum atomic E-state index is -0.728. The van der Waals surface area contributed by atoms with Gasteiger partial charge in [-0.25, -0.2) is 0 Å². The number of nitrogens with two attached hydrogens (primary N) is 1. The molecule has 2 amide bonds. The minimum absolute atomic E-state index is 0.115. The topological polar surface area (TPSA) is 97.4 Å². The number of nitrogens with zero attached hydrogens (tertiary/aromatic N) is 2. The third kappa shape index (κ3) is 3.30. The Balaban J connectivity index is 1.99. The molecule has 3 N–H and O–H groups in total. The standard InChI is InChI=1S/C14H20N4O3/c1-14(2)13(21)16-11(19)9-18(14)7-3-6-17-8-10(15)4-5-12(17)20/h4-5,8H,3,6-7,9,15H2,1-2H3,(H,16,19,21). The minimum Gasteiger partial charge on any atom is -0.398 e. The first kappa shape index (κ1) is 15.2. The molecular formula is C14H20N4O3. The quantitative estimate of drug-likeness (QED) is 0.733. The first-order valence-electron chi connectivity index (χ1n) is 6.86. The first-order chi connectivity index (χ1) is 9.80. The SMILES string of the molecule is CC1(C)C(=O)NC(=O)CN1CCCn1cc(N)ccc1=O. The number of anilines is 1. The van der Waals surface area contributed by atoms with Gasteiger partial charge < -0.3 is 10.3 Å². The van der Waals surface area contributed by atoms with Crippen LogP contribution >= 0.6 is 0 Å². The van der Waals surface area contributed by atoms with Crippen LogP contribution < -0.4 is 16.6 Å². The van der Waals surface area contributed by atoms with Crippen molar-refractivity contribution in [3.63, 3.8) is 0 Å². The van der Waals surface area contributed by atoms with E-state index in [2.05, 4.69) is 5.32 Å². The van der Waals surface area contributed by atoms with E-state index in [1.165, 1.54) is 10.6 Å². The fourth-order valence-electron chi connectivity index (χ4n) is 2.35. The van der Waals surface area contributed by atoms with Gasteiger partial charge in [0.2, 0.25) is 11.8 Å². The van der Waals surface area contributed by atoms with Gasteiger partial charge in [-0.05, 0) is 26.3 Å². The van der Waals surface area contributed by atoms with Crippen LogP contribution in [0.5, 0.6) is 0 Å². The monoisotopic (exact) mass is 292 g/mol. The van der Waals surface area contributed by atoms with Gasteiger partial charge in [-0.2, -0.15) is 0 Å². The van der Waals surface area contributed by atoms with Crippen LogP contribution in [-0.4, -0.2) is 39.9 Å². The normalized spacial score (nSPS) is 18.6. The molecule has 0 unspecified atom stereocenters. The van der Waals surface area contributed by atoms with Gasteiger partial charge in [0.25, 0.3) is 5.56 Å². The number of hydrogen-bond donors (Lipinski definition) is 2. The molecule has 1 saturated heterocycles. The van der Waals surface area contributed by atoms with Crippen LogP contribution in [0.3, 0.4) is 0 Å². The van der Waals surface area contributed by atoms with Gasteiger partial charge in [0.15, 0.2) is 0 Å². The molecule has 1 aliphatic rings. The number of piperazine rings is 1. The zero-order valence-corrected chi connectivity index (χ0v) is 12.3. The van der Waals surface area contributed by atoms with Crippen molar-refractivity contribution < 1.29 is 9.59 Å². The summed E-state index contributed by atoms with van der Waals surface area (Å²) < 4.78 is 1.54. The van der Waals surface area contributed by atoms with Crippen molar-refractivity contribution in [3.8, 4) is 0 Å². The molecule has 0 aromatic carbocycles. The van der Waals surface area contributed by atoms with Crippen molar-refractivity contribution in [3.05, 3.63) is 28.7 Å². The average molecular weight is 292 g/mol. The van der Waals surface area contributed by atoms with Crippen molar-refractivity contribution in [2.75, 3.05) is 18.8 Å². The fraction of sp³-hybridized carbons (Fsp3) is 0.500. The second-order valence-electron chi connectivity index (χ2n) is 5.71. The molecular weight excluding hydrogens is 272 g/mol. The van der Waals surface area contributed by atoms with Crippen LogP contribution in [0.15, 0.2) is 23.1 Å². The average Bonchev–Trinajstić information content (AvgIpc) is 2.39. The number of carbonyl (C=O) groups is 2. The van der Waals surface area contributed by atoms with Crippen LogP contribution in [0.25, 0.3) is 0 Å². The lowest BCUT2D eigenvalue weighted by molar-refractivity contribution is -0.145. The predicted octanol–water partition coefficient (Wildman–Crippen LogP) is -0.442. The number of amides is 2. The Kier molecular flexibility index (Phi) is 4.13. The Morgan fingerprint density at radius 3 is 2.67 bits per heavy atom. The van der Waals surface area contributed by atoms with Gasteiger partial charge in [-0.3, -0.25) is 24.6 Å².